The van der Waals surface area contributed by atoms with Gasteiger partial charge < -0.3 is 11.1 Å². The number of nitrogens with two attached hydrogens (primary N) is 1. The van der Waals surface area contributed by atoms with E-state index in [2.05, 4.69) is 39.6 Å². The first-order valence-corrected chi connectivity index (χ1v) is 7.80. The summed E-state index contributed by atoms with van der Waals surface area (Å²) in [4.78, 5) is 10.3. The summed E-state index contributed by atoms with van der Waals surface area (Å²) in [7, 11) is 0. The van der Waals surface area contributed by atoms with E-state index in [-0.39, 0.29) is 6.04 Å². The Balaban J connectivity index is 1.70. The number of benzene rings is 2. The Morgan fingerprint density at radius 3 is 2.57 bits per heavy atom. The van der Waals surface area contributed by atoms with Gasteiger partial charge in [0.15, 0.2) is 11.6 Å². The zero-order chi connectivity index (χ0) is 14.2. The van der Waals surface area contributed by atoms with Crippen molar-refractivity contribution in [2.24, 2.45) is 0 Å². The third-order valence-corrected chi connectivity index (χ3v) is 4.79. The van der Waals surface area contributed by atoms with Crippen LogP contribution in [0.4, 0.5) is 11.6 Å². The third kappa shape index (κ3) is 2.19. The van der Waals surface area contributed by atoms with E-state index in [1.54, 1.807) is 0 Å². The standard InChI is InChI=1S/C16H14N4S/c17-15-16(19-12-7-3-2-6-11(12)18-15)20-13-9-21-14-8-4-1-5-10(13)14/h1-8,13H,9H2,(H2,17,18)(H,19,20). The molecule has 21 heavy (non-hydrogen) atoms. The van der Waals surface area contributed by atoms with E-state index < -0.39 is 0 Å². The summed E-state index contributed by atoms with van der Waals surface area (Å²) in [5.74, 6) is 2.09. The Hall–Kier alpha value is -2.27. The fraction of sp³-hybridized carbons (Fsp3) is 0.125. The Kier molecular flexibility index (Phi) is 2.93. The molecule has 0 aliphatic carbocycles. The van der Waals surface area contributed by atoms with Crippen molar-refractivity contribution in [3.8, 4) is 0 Å². The number of para-hydroxylation sites is 2. The number of nitrogens with zero attached hydrogens (tertiary/aromatic N) is 2. The molecule has 1 unspecified atom stereocenters. The van der Waals surface area contributed by atoms with Crippen LogP contribution < -0.4 is 11.1 Å². The monoisotopic (exact) mass is 294 g/mol. The Bertz CT molecular complexity index is 818. The average Bonchev–Trinajstić information content (AvgIpc) is 2.91. The molecule has 0 amide bonds. The van der Waals surface area contributed by atoms with Crippen LogP contribution in [0.2, 0.25) is 0 Å². The quantitative estimate of drug-likeness (QED) is 0.757. The number of rotatable bonds is 2. The van der Waals surface area contributed by atoms with Crippen molar-refractivity contribution >= 4 is 34.4 Å². The molecule has 1 aromatic heterocycles. The average molecular weight is 294 g/mol. The lowest BCUT2D eigenvalue weighted by molar-refractivity contribution is 0.890. The van der Waals surface area contributed by atoms with Gasteiger partial charge in [-0.3, -0.25) is 0 Å². The highest BCUT2D eigenvalue weighted by Gasteiger charge is 2.23. The summed E-state index contributed by atoms with van der Waals surface area (Å²) in [6.45, 7) is 0. The number of nitrogen functional groups attached to an aromatic ring is 1. The Morgan fingerprint density at radius 1 is 1.00 bits per heavy atom. The predicted molar refractivity (Wildman–Crippen MR) is 87.5 cm³/mol. The van der Waals surface area contributed by atoms with Crippen LogP contribution in [0, 0.1) is 0 Å². The molecule has 1 aliphatic heterocycles. The lowest BCUT2D eigenvalue weighted by atomic mass is 10.1. The van der Waals surface area contributed by atoms with Crippen molar-refractivity contribution in [1.82, 2.24) is 9.97 Å². The van der Waals surface area contributed by atoms with Gasteiger partial charge in [0.25, 0.3) is 0 Å². The van der Waals surface area contributed by atoms with Crippen molar-refractivity contribution in [2.45, 2.75) is 10.9 Å². The van der Waals surface area contributed by atoms with Gasteiger partial charge >= 0.3 is 0 Å². The molecule has 1 aliphatic rings. The molecule has 2 heterocycles. The zero-order valence-corrected chi connectivity index (χ0v) is 12.1. The minimum absolute atomic E-state index is 0.226. The number of thioether (sulfide) groups is 1. The maximum Gasteiger partial charge on any atom is 0.170 e. The van der Waals surface area contributed by atoms with E-state index in [0.29, 0.717) is 11.6 Å². The summed E-state index contributed by atoms with van der Waals surface area (Å²) in [5, 5.41) is 3.44. The van der Waals surface area contributed by atoms with Crippen LogP contribution >= 0.6 is 11.8 Å². The SMILES string of the molecule is Nc1nc2ccccc2nc1NC1CSc2ccccc21. The molecule has 0 radical (unpaired) electrons. The molecule has 2 aromatic carbocycles. The van der Waals surface area contributed by atoms with Gasteiger partial charge in [-0.25, -0.2) is 9.97 Å². The van der Waals surface area contributed by atoms with E-state index in [1.165, 1.54) is 10.5 Å². The van der Waals surface area contributed by atoms with E-state index in [1.807, 2.05) is 36.0 Å². The second-order valence-electron chi connectivity index (χ2n) is 4.99. The van der Waals surface area contributed by atoms with Crippen LogP contribution in [-0.2, 0) is 0 Å². The minimum Gasteiger partial charge on any atom is -0.381 e. The summed E-state index contributed by atoms with van der Waals surface area (Å²) >= 11 is 1.85. The van der Waals surface area contributed by atoms with Gasteiger partial charge in [0.1, 0.15) is 0 Å². The van der Waals surface area contributed by atoms with E-state index >= 15 is 0 Å². The van der Waals surface area contributed by atoms with Gasteiger partial charge in [-0.2, -0.15) is 0 Å². The summed E-state index contributed by atoms with van der Waals surface area (Å²) in [5.41, 5.74) is 9.02. The van der Waals surface area contributed by atoms with Gasteiger partial charge in [-0.1, -0.05) is 30.3 Å². The first-order chi connectivity index (χ1) is 10.3. The second kappa shape index (κ2) is 4.93. The molecule has 1 atom stereocenters. The molecule has 4 nitrogen and oxygen atoms in total. The van der Waals surface area contributed by atoms with Crippen LogP contribution in [0.15, 0.2) is 53.4 Å². The van der Waals surface area contributed by atoms with Crippen molar-refractivity contribution < 1.29 is 0 Å². The number of fused-ring (bicyclic) bond motifs is 2. The van der Waals surface area contributed by atoms with Gasteiger partial charge in [0, 0.05) is 10.6 Å². The minimum atomic E-state index is 0.226. The van der Waals surface area contributed by atoms with E-state index in [9.17, 15) is 0 Å². The number of nitrogens with one attached hydrogen (secondary N) is 1. The Morgan fingerprint density at radius 2 is 1.71 bits per heavy atom. The first kappa shape index (κ1) is 12.5. The predicted octanol–water partition coefficient (Wildman–Crippen LogP) is 3.47. The molecular weight excluding hydrogens is 280 g/mol. The highest BCUT2D eigenvalue weighted by atomic mass is 32.2. The molecule has 0 saturated carbocycles. The van der Waals surface area contributed by atoms with Crippen LogP contribution in [0.1, 0.15) is 11.6 Å². The molecule has 0 spiro atoms. The molecule has 0 saturated heterocycles. The normalized spacial score (nSPS) is 16.9. The summed E-state index contributed by atoms with van der Waals surface area (Å²) in [6.07, 6.45) is 0. The maximum absolute atomic E-state index is 6.04. The van der Waals surface area contributed by atoms with Gasteiger partial charge in [0.2, 0.25) is 0 Å². The first-order valence-electron chi connectivity index (χ1n) is 6.82. The van der Waals surface area contributed by atoms with Crippen molar-refractivity contribution in [3.05, 3.63) is 54.1 Å². The van der Waals surface area contributed by atoms with Gasteiger partial charge in [-0.05, 0) is 23.8 Å². The largest absolute Gasteiger partial charge is 0.381 e. The fourth-order valence-electron chi connectivity index (χ4n) is 2.57. The van der Waals surface area contributed by atoms with Gasteiger partial charge in [0.05, 0.1) is 17.1 Å². The Labute approximate surface area is 126 Å². The molecule has 104 valence electrons. The van der Waals surface area contributed by atoms with Gasteiger partial charge in [-0.15, -0.1) is 11.8 Å². The number of hydrogen-bond donors (Lipinski definition) is 2. The summed E-state index contributed by atoms with van der Waals surface area (Å²) in [6, 6.07) is 16.4. The van der Waals surface area contributed by atoms with Crippen molar-refractivity contribution in [3.63, 3.8) is 0 Å². The number of anilines is 2. The van der Waals surface area contributed by atoms with Crippen LogP contribution in [0.3, 0.4) is 0 Å². The zero-order valence-electron chi connectivity index (χ0n) is 11.3. The number of hydrogen-bond acceptors (Lipinski definition) is 5. The molecule has 3 N–H and O–H groups in total. The lowest BCUT2D eigenvalue weighted by Crippen LogP contribution is -2.13. The maximum atomic E-state index is 6.04. The van der Waals surface area contributed by atoms with E-state index in [0.717, 1.165) is 16.8 Å². The van der Waals surface area contributed by atoms with Crippen molar-refractivity contribution in [2.75, 3.05) is 16.8 Å². The van der Waals surface area contributed by atoms with Crippen LogP contribution in [-0.4, -0.2) is 15.7 Å². The molecule has 4 rings (SSSR count). The smallest absolute Gasteiger partial charge is 0.170 e. The highest BCUT2D eigenvalue weighted by molar-refractivity contribution is 7.99. The lowest BCUT2D eigenvalue weighted by Gasteiger charge is -2.15. The summed E-state index contributed by atoms with van der Waals surface area (Å²) < 4.78 is 0. The molecule has 0 fully saturated rings. The van der Waals surface area contributed by atoms with E-state index in [4.69, 9.17) is 5.73 Å². The molecular formula is C16H14N4S. The molecule has 5 heteroatoms. The third-order valence-electron chi connectivity index (χ3n) is 3.61. The van der Waals surface area contributed by atoms with Crippen LogP contribution in [0.25, 0.3) is 11.0 Å². The topological polar surface area (TPSA) is 63.8 Å². The highest BCUT2D eigenvalue weighted by Crippen LogP contribution is 2.39. The molecule has 3 aromatic rings. The fourth-order valence-corrected chi connectivity index (χ4v) is 3.73. The van der Waals surface area contributed by atoms with Crippen LogP contribution in [0.5, 0.6) is 0 Å². The number of aromatic nitrogens is 2. The molecule has 0 bridgehead atoms. The second-order valence-corrected chi connectivity index (χ2v) is 6.05. The van der Waals surface area contributed by atoms with Crippen molar-refractivity contribution in [1.29, 1.82) is 0 Å².